The highest BCUT2D eigenvalue weighted by Gasteiger charge is 2.23. The highest BCUT2D eigenvalue weighted by molar-refractivity contribution is 5.98. The lowest BCUT2D eigenvalue weighted by Gasteiger charge is -2.24. The molecule has 262 valence electrons. The number of aliphatic carboxylic acids is 1. The Hall–Kier alpha value is -5.38. The summed E-state index contributed by atoms with van der Waals surface area (Å²) in [5.74, 6) is 0.770. The van der Waals surface area contributed by atoms with E-state index in [0.29, 0.717) is 18.4 Å². The van der Waals surface area contributed by atoms with Crippen LogP contribution in [-0.2, 0) is 33.8 Å². The van der Waals surface area contributed by atoms with Gasteiger partial charge < -0.3 is 29.8 Å². The first-order chi connectivity index (χ1) is 24.3. The number of nitrogens with one attached hydrogen (secondary N) is 2. The summed E-state index contributed by atoms with van der Waals surface area (Å²) >= 11 is 0. The molecule has 0 saturated carbocycles. The first-order valence-corrected chi connectivity index (χ1v) is 17.3. The molecule has 3 aromatic carbocycles. The number of ether oxygens (including phenoxy) is 2. The van der Waals surface area contributed by atoms with Crippen molar-refractivity contribution in [1.82, 2.24) is 20.2 Å². The summed E-state index contributed by atoms with van der Waals surface area (Å²) in [5, 5.41) is 12.6. The van der Waals surface area contributed by atoms with Gasteiger partial charge in [0.1, 0.15) is 23.9 Å². The van der Waals surface area contributed by atoms with Crippen LogP contribution in [0.1, 0.15) is 68.0 Å². The maximum atomic E-state index is 13.5. The molecule has 50 heavy (non-hydrogen) atoms. The van der Waals surface area contributed by atoms with Gasteiger partial charge in [0.05, 0.1) is 37.2 Å². The number of rotatable bonds is 18. The molecule has 0 aliphatic heterocycles. The Morgan fingerprint density at radius 1 is 0.940 bits per heavy atom. The molecule has 3 N–H and O–H groups in total. The average molecular weight is 679 g/mol. The van der Waals surface area contributed by atoms with Crippen molar-refractivity contribution >= 4 is 28.8 Å². The lowest BCUT2D eigenvalue weighted by molar-refractivity contribution is -0.143. The van der Waals surface area contributed by atoms with Crippen LogP contribution in [-0.4, -0.2) is 64.1 Å². The molecule has 0 fully saturated rings. The van der Waals surface area contributed by atoms with Crippen LogP contribution >= 0.6 is 0 Å². The van der Waals surface area contributed by atoms with Gasteiger partial charge in [-0.15, -0.1) is 0 Å². The number of H-pyrrole nitrogens is 1. The summed E-state index contributed by atoms with van der Waals surface area (Å²) in [7, 11) is 1.59. The van der Waals surface area contributed by atoms with E-state index in [4.69, 9.17) is 14.5 Å². The molecule has 0 bridgehead atoms. The van der Waals surface area contributed by atoms with Crippen molar-refractivity contribution in [2.75, 3.05) is 20.3 Å². The lowest BCUT2D eigenvalue weighted by atomic mass is 10.0. The molecule has 1 aromatic heterocycles. The normalized spacial score (nSPS) is 13.9. The summed E-state index contributed by atoms with van der Waals surface area (Å²) in [4.78, 5) is 47.3. The molecule has 4 aromatic rings. The number of hydrogen-bond donors (Lipinski definition) is 3. The fourth-order valence-electron chi connectivity index (χ4n) is 5.92. The van der Waals surface area contributed by atoms with Gasteiger partial charge in [-0.1, -0.05) is 81.2 Å². The summed E-state index contributed by atoms with van der Waals surface area (Å²) in [6.07, 6.45) is 12.4. The second kappa shape index (κ2) is 17.9. The number of carbonyl (C=O) groups excluding carboxylic acids is 2. The van der Waals surface area contributed by atoms with E-state index in [2.05, 4.69) is 17.2 Å². The van der Waals surface area contributed by atoms with E-state index in [9.17, 15) is 19.5 Å². The Labute approximate surface area is 293 Å². The molecule has 0 spiro atoms. The number of imidazole rings is 1. The van der Waals surface area contributed by atoms with Crippen LogP contribution in [0.5, 0.6) is 11.5 Å². The Kier molecular flexibility index (Phi) is 12.8. The highest BCUT2D eigenvalue weighted by Crippen LogP contribution is 2.21. The zero-order chi connectivity index (χ0) is 35.3. The second-order valence-corrected chi connectivity index (χ2v) is 12.6. The standard InChI is InChI=1S/C40H46N4O6/c1-3-4-5-6-7-22-50-34-19-10-28(11-20-34)24-37-42-35-21-12-30(23-36(35)43-37)26-44(27-39(46)47)40(48)31-13-15-32(16-14-31)41-38(45)25-29-8-17-33(49-2)18-9-29/h8-15,17-21,23,32H,3-7,16,22,24-27H2,1-2H3,(H,41,45)(H,42,43)(H,46,47). The van der Waals surface area contributed by atoms with Gasteiger partial charge in [0, 0.05) is 18.5 Å². The molecule has 1 unspecified atom stereocenters. The van der Waals surface area contributed by atoms with Crippen molar-refractivity contribution in [3.8, 4) is 11.5 Å². The molecule has 0 radical (unpaired) electrons. The SMILES string of the molecule is CCCCCCCOc1ccc(Cc2nc3cc(CN(CC(=O)O)C(=O)C4=CCC(NC(=O)Cc5ccc(OC)cc5)C=C4)ccc3[nH]2)cc1. The number of nitrogens with zero attached hydrogens (tertiary/aromatic N) is 2. The largest absolute Gasteiger partial charge is 0.497 e. The van der Waals surface area contributed by atoms with Crippen LogP contribution in [0, 0.1) is 0 Å². The first kappa shape index (κ1) is 35.9. The van der Waals surface area contributed by atoms with E-state index in [1.807, 2.05) is 66.7 Å². The minimum absolute atomic E-state index is 0.108. The Bertz CT molecular complexity index is 1810. The zero-order valence-corrected chi connectivity index (χ0v) is 28.8. The topological polar surface area (TPSA) is 134 Å². The van der Waals surface area contributed by atoms with E-state index in [0.717, 1.165) is 58.1 Å². The average Bonchev–Trinajstić information content (AvgIpc) is 3.52. The quantitative estimate of drug-likeness (QED) is 0.102. The number of amides is 2. The van der Waals surface area contributed by atoms with Gasteiger partial charge >= 0.3 is 5.97 Å². The molecule has 10 heteroatoms. The summed E-state index contributed by atoms with van der Waals surface area (Å²) in [6, 6.07) is 20.8. The van der Waals surface area contributed by atoms with Crippen LogP contribution in [0.25, 0.3) is 11.0 Å². The number of aromatic amines is 1. The number of aromatic nitrogens is 2. The third kappa shape index (κ3) is 10.6. The van der Waals surface area contributed by atoms with Crippen molar-refractivity contribution in [3.63, 3.8) is 0 Å². The Morgan fingerprint density at radius 2 is 1.66 bits per heavy atom. The molecular formula is C40H46N4O6. The molecule has 10 nitrogen and oxygen atoms in total. The molecule has 1 atom stereocenters. The number of hydrogen-bond acceptors (Lipinski definition) is 6. The third-order valence-electron chi connectivity index (χ3n) is 8.61. The van der Waals surface area contributed by atoms with E-state index in [1.54, 1.807) is 25.3 Å². The summed E-state index contributed by atoms with van der Waals surface area (Å²) in [5.41, 5.74) is 4.73. The number of carbonyl (C=O) groups is 3. The molecule has 0 saturated heterocycles. The van der Waals surface area contributed by atoms with Crippen molar-refractivity contribution < 1.29 is 29.0 Å². The van der Waals surface area contributed by atoms with Gasteiger partial charge in [0.25, 0.3) is 5.91 Å². The molecule has 1 aliphatic carbocycles. The van der Waals surface area contributed by atoms with Crippen molar-refractivity contribution in [2.24, 2.45) is 0 Å². The van der Waals surface area contributed by atoms with Crippen LogP contribution in [0.4, 0.5) is 0 Å². The summed E-state index contributed by atoms with van der Waals surface area (Å²) < 4.78 is 11.1. The minimum Gasteiger partial charge on any atom is -0.497 e. The highest BCUT2D eigenvalue weighted by atomic mass is 16.5. The van der Waals surface area contributed by atoms with Crippen LogP contribution < -0.4 is 14.8 Å². The van der Waals surface area contributed by atoms with Gasteiger partial charge in [0.2, 0.25) is 5.91 Å². The number of carboxylic acids is 1. The number of methoxy groups -OCH3 is 1. The van der Waals surface area contributed by atoms with E-state index in [1.165, 1.54) is 30.6 Å². The van der Waals surface area contributed by atoms with Crippen LogP contribution in [0.2, 0.25) is 0 Å². The molecule has 1 heterocycles. The lowest BCUT2D eigenvalue weighted by Crippen LogP contribution is -2.38. The van der Waals surface area contributed by atoms with Gasteiger partial charge in [0.15, 0.2) is 0 Å². The number of benzene rings is 3. The number of unbranched alkanes of at least 4 members (excludes halogenated alkanes) is 4. The molecule has 1 aliphatic rings. The van der Waals surface area contributed by atoms with Crippen LogP contribution in [0.3, 0.4) is 0 Å². The van der Waals surface area contributed by atoms with Gasteiger partial charge in [-0.05, 0) is 65.9 Å². The smallest absolute Gasteiger partial charge is 0.323 e. The van der Waals surface area contributed by atoms with E-state index in [-0.39, 0.29) is 24.9 Å². The van der Waals surface area contributed by atoms with Crippen molar-refractivity contribution in [3.05, 3.63) is 113 Å². The number of fused-ring (bicyclic) bond motifs is 1. The fraction of sp³-hybridized carbons (Fsp3) is 0.350. The maximum Gasteiger partial charge on any atom is 0.323 e. The Balaban J connectivity index is 1.15. The monoisotopic (exact) mass is 678 g/mol. The second-order valence-electron chi connectivity index (χ2n) is 12.6. The molecule has 5 rings (SSSR count). The Morgan fingerprint density at radius 3 is 2.36 bits per heavy atom. The van der Waals surface area contributed by atoms with Gasteiger partial charge in [-0.3, -0.25) is 14.4 Å². The zero-order valence-electron chi connectivity index (χ0n) is 28.8. The van der Waals surface area contributed by atoms with Crippen molar-refractivity contribution in [2.45, 2.75) is 70.9 Å². The van der Waals surface area contributed by atoms with Gasteiger partial charge in [-0.25, -0.2) is 4.98 Å². The fourth-order valence-corrected chi connectivity index (χ4v) is 5.92. The predicted octanol–water partition coefficient (Wildman–Crippen LogP) is 6.54. The molecular weight excluding hydrogens is 632 g/mol. The summed E-state index contributed by atoms with van der Waals surface area (Å²) in [6.45, 7) is 2.60. The van der Waals surface area contributed by atoms with Crippen molar-refractivity contribution in [1.29, 1.82) is 0 Å². The number of carboxylic acid groups (broad SMARTS) is 1. The third-order valence-corrected chi connectivity index (χ3v) is 8.61. The molecule has 2 amide bonds. The minimum atomic E-state index is -1.10. The maximum absolute atomic E-state index is 13.5. The van der Waals surface area contributed by atoms with Crippen LogP contribution in [0.15, 0.2) is 90.5 Å². The first-order valence-electron chi connectivity index (χ1n) is 17.3. The van der Waals surface area contributed by atoms with E-state index >= 15 is 0 Å². The predicted molar refractivity (Wildman–Crippen MR) is 193 cm³/mol. The van der Waals surface area contributed by atoms with E-state index < -0.39 is 18.4 Å². The van der Waals surface area contributed by atoms with Gasteiger partial charge in [-0.2, -0.15) is 0 Å².